The molecule has 2 atom stereocenters. The Hall–Kier alpha value is -1.63. The molecule has 0 saturated carbocycles. The van der Waals surface area contributed by atoms with E-state index in [2.05, 4.69) is 0 Å². The average molecular weight is 328 g/mol. The fraction of sp³-hybridized carbons (Fsp3) is 0.812. The molecule has 0 spiro atoms. The molecular formula is C16H28N2O5. The molecule has 1 fully saturated rings. The van der Waals surface area contributed by atoms with Gasteiger partial charge in [-0.05, 0) is 48.2 Å². The van der Waals surface area contributed by atoms with Crippen molar-refractivity contribution in [2.45, 2.75) is 57.7 Å². The number of carbonyl (C=O) groups is 3. The van der Waals surface area contributed by atoms with Crippen molar-refractivity contribution in [2.24, 2.45) is 0 Å². The first-order chi connectivity index (χ1) is 10.6. The maximum Gasteiger partial charge on any atom is 0.410 e. The molecule has 1 amide bonds. The van der Waals surface area contributed by atoms with Crippen molar-refractivity contribution in [3.05, 3.63) is 0 Å². The maximum atomic E-state index is 12.4. The van der Waals surface area contributed by atoms with Gasteiger partial charge in [-0.1, -0.05) is 0 Å². The largest absolute Gasteiger partial charge is 0.465 e. The van der Waals surface area contributed by atoms with Crippen LogP contribution in [0, 0.1) is 0 Å². The van der Waals surface area contributed by atoms with Crippen molar-refractivity contribution in [1.82, 2.24) is 9.80 Å². The van der Waals surface area contributed by atoms with Gasteiger partial charge in [0.2, 0.25) is 0 Å². The molecule has 0 aromatic rings. The van der Waals surface area contributed by atoms with Crippen molar-refractivity contribution < 1.29 is 23.9 Å². The van der Waals surface area contributed by atoms with Crippen LogP contribution < -0.4 is 0 Å². The first-order valence-corrected chi connectivity index (χ1v) is 7.87. The lowest BCUT2D eigenvalue weighted by Crippen LogP contribution is -2.62. The van der Waals surface area contributed by atoms with Gasteiger partial charge in [0, 0.05) is 13.0 Å². The molecule has 1 aliphatic rings. The molecular weight excluding hydrogens is 300 g/mol. The van der Waals surface area contributed by atoms with Crippen LogP contribution in [0.25, 0.3) is 0 Å². The van der Waals surface area contributed by atoms with Crippen molar-refractivity contribution in [3.8, 4) is 0 Å². The number of likely N-dealkylation sites (tertiary alicyclic amines) is 1. The minimum Gasteiger partial charge on any atom is -0.465 e. The number of carbonyl (C=O) groups excluding carboxylic acids is 3. The maximum absolute atomic E-state index is 12.4. The SMILES string of the molecule is CCOC(=O)C1(N(C)C)CCN(C(=O)OC(C)(C)C)C(C=O)C1. The summed E-state index contributed by atoms with van der Waals surface area (Å²) < 4.78 is 10.5. The van der Waals surface area contributed by atoms with E-state index >= 15 is 0 Å². The number of amides is 1. The van der Waals surface area contributed by atoms with Gasteiger partial charge in [0.1, 0.15) is 17.4 Å². The van der Waals surface area contributed by atoms with Crippen molar-refractivity contribution in [1.29, 1.82) is 0 Å². The van der Waals surface area contributed by atoms with Crippen LogP contribution >= 0.6 is 0 Å². The Morgan fingerprint density at radius 2 is 1.96 bits per heavy atom. The monoisotopic (exact) mass is 328 g/mol. The highest BCUT2D eigenvalue weighted by Gasteiger charge is 2.49. The Labute approximate surface area is 137 Å². The Balaban J connectivity index is 2.98. The molecule has 7 nitrogen and oxygen atoms in total. The highest BCUT2D eigenvalue weighted by atomic mass is 16.6. The summed E-state index contributed by atoms with van der Waals surface area (Å²) in [4.78, 5) is 39.4. The van der Waals surface area contributed by atoms with E-state index in [9.17, 15) is 14.4 Å². The van der Waals surface area contributed by atoms with E-state index in [1.54, 1.807) is 46.7 Å². The number of aldehydes is 1. The van der Waals surface area contributed by atoms with Crippen LogP contribution in [-0.2, 0) is 19.1 Å². The zero-order valence-corrected chi connectivity index (χ0v) is 14.9. The molecule has 132 valence electrons. The van der Waals surface area contributed by atoms with E-state index in [0.29, 0.717) is 12.7 Å². The molecule has 23 heavy (non-hydrogen) atoms. The molecule has 7 heteroatoms. The third-order valence-electron chi connectivity index (χ3n) is 4.01. The van der Waals surface area contributed by atoms with E-state index < -0.39 is 23.3 Å². The molecule has 1 rings (SSSR count). The predicted molar refractivity (Wildman–Crippen MR) is 85.1 cm³/mol. The van der Waals surface area contributed by atoms with Crippen LogP contribution in [0.3, 0.4) is 0 Å². The standard InChI is InChI=1S/C16H28N2O5/c1-7-22-13(20)16(17(5)6)8-9-18(12(10-16)11-19)14(21)23-15(2,3)4/h11-12H,7-10H2,1-6H3. The third-order valence-corrected chi connectivity index (χ3v) is 4.01. The van der Waals surface area contributed by atoms with E-state index in [-0.39, 0.29) is 25.5 Å². The minimum atomic E-state index is -0.903. The number of piperidine rings is 1. The summed E-state index contributed by atoms with van der Waals surface area (Å²) in [5, 5.41) is 0. The lowest BCUT2D eigenvalue weighted by atomic mass is 9.82. The highest BCUT2D eigenvalue weighted by Crippen LogP contribution is 2.32. The van der Waals surface area contributed by atoms with Crippen molar-refractivity contribution in [2.75, 3.05) is 27.2 Å². The van der Waals surface area contributed by atoms with Crippen LogP contribution in [-0.4, -0.2) is 72.6 Å². The van der Waals surface area contributed by atoms with Crippen LogP contribution in [0.2, 0.25) is 0 Å². The van der Waals surface area contributed by atoms with Gasteiger partial charge >= 0.3 is 12.1 Å². The number of hydrogen-bond acceptors (Lipinski definition) is 6. The van der Waals surface area contributed by atoms with Gasteiger partial charge < -0.3 is 14.3 Å². The molecule has 0 aliphatic carbocycles. The minimum absolute atomic E-state index is 0.196. The zero-order chi connectivity index (χ0) is 17.8. The molecule has 0 radical (unpaired) electrons. The van der Waals surface area contributed by atoms with Gasteiger partial charge in [0.05, 0.1) is 12.6 Å². The fourth-order valence-electron chi connectivity index (χ4n) is 2.74. The van der Waals surface area contributed by atoms with Gasteiger partial charge in [-0.3, -0.25) is 14.6 Å². The molecule has 2 unspecified atom stereocenters. The molecule has 0 N–H and O–H groups in total. The number of nitrogens with zero attached hydrogens (tertiary/aromatic N) is 2. The van der Waals surface area contributed by atoms with E-state index in [0.717, 1.165) is 0 Å². The van der Waals surface area contributed by atoms with Crippen molar-refractivity contribution >= 4 is 18.3 Å². The second kappa shape index (κ2) is 7.29. The summed E-state index contributed by atoms with van der Waals surface area (Å²) in [5.74, 6) is -0.360. The summed E-state index contributed by atoms with van der Waals surface area (Å²) in [7, 11) is 3.56. The van der Waals surface area contributed by atoms with Gasteiger partial charge in [-0.15, -0.1) is 0 Å². The van der Waals surface area contributed by atoms with Crippen LogP contribution in [0.4, 0.5) is 4.79 Å². The Bertz CT molecular complexity index is 458. The molecule has 1 saturated heterocycles. The van der Waals surface area contributed by atoms with E-state index in [4.69, 9.17) is 9.47 Å². The summed E-state index contributed by atoms with van der Waals surface area (Å²) in [6.07, 6.45) is 0.746. The average Bonchev–Trinajstić information content (AvgIpc) is 2.44. The van der Waals surface area contributed by atoms with Crippen LogP contribution in [0.1, 0.15) is 40.5 Å². The lowest BCUT2D eigenvalue weighted by Gasteiger charge is -2.46. The second-order valence-electron chi connectivity index (χ2n) is 6.98. The molecule has 0 aromatic heterocycles. The van der Waals surface area contributed by atoms with Crippen molar-refractivity contribution in [3.63, 3.8) is 0 Å². The molecule has 1 heterocycles. The molecule has 0 aromatic carbocycles. The third kappa shape index (κ3) is 4.43. The normalized spacial score (nSPS) is 25.2. The quantitative estimate of drug-likeness (QED) is 0.574. The molecule has 1 aliphatic heterocycles. The highest BCUT2D eigenvalue weighted by molar-refractivity contribution is 5.83. The Morgan fingerprint density at radius 3 is 2.39 bits per heavy atom. The van der Waals surface area contributed by atoms with E-state index in [1.165, 1.54) is 4.90 Å². The summed E-state index contributed by atoms with van der Waals surface area (Å²) >= 11 is 0. The number of hydrogen-bond donors (Lipinski definition) is 0. The zero-order valence-electron chi connectivity index (χ0n) is 14.9. The van der Waals surface area contributed by atoms with Gasteiger partial charge in [0.15, 0.2) is 0 Å². The second-order valence-corrected chi connectivity index (χ2v) is 6.98. The first kappa shape index (κ1) is 19.4. The van der Waals surface area contributed by atoms with Crippen LogP contribution in [0.5, 0.6) is 0 Å². The predicted octanol–water partition coefficient (Wildman–Crippen LogP) is 1.45. The van der Waals surface area contributed by atoms with Gasteiger partial charge in [-0.25, -0.2) is 4.79 Å². The number of likely N-dealkylation sites (N-methyl/N-ethyl adjacent to an activating group) is 1. The first-order valence-electron chi connectivity index (χ1n) is 7.87. The lowest BCUT2D eigenvalue weighted by molar-refractivity contribution is -0.161. The van der Waals surface area contributed by atoms with Gasteiger partial charge in [0.25, 0.3) is 0 Å². The van der Waals surface area contributed by atoms with Crippen LogP contribution in [0.15, 0.2) is 0 Å². The number of rotatable bonds is 4. The Kier molecular flexibility index (Phi) is 6.16. The molecule has 0 bridgehead atoms. The van der Waals surface area contributed by atoms with E-state index in [1.807, 2.05) is 0 Å². The number of esters is 1. The topological polar surface area (TPSA) is 76.2 Å². The smallest absolute Gasteiger partial charge is 0.410 e. The Morgan fingerprint density at radius 1 is 1.35 bits per heavy atom. The summed E-state index contributed by atoms with van der Waals surface area (Å²) in [6, 6.07) is -0.717. The number of ether oxygens (including phenoxy) is 2. The van der Waals surface area contributed by atoms with Gasteiger partial charge in [-0.2, -0.15) is 0 Å². The summed E-state index contributed by atoms with van der Waals surface area (Å²) in [5.41, 5.74) is -1.54. The summed E-state index contributed by atoms with van der Waals surface area (Å²) in [6.45, 7) is 7.59. The fourth-order valence-corrected chi connectivity index (χ4v) is 2.74.